The Bertz CT molecular complexity index is 489. The summed E-state index contributed by atoms with van der Waals surface area (Å²) < 4.78 is 6.51. The molecule has 0 spiro atoms. The fraction of sp³-hybridized carbons (Fsp3) is 0.625. The van der Waals surface area contributed by atoms with Gasteiger partial charge in [-0.3, -0.25) is 4.90 Å². The molecule has 1 atom stereocenters. The van der Waals surface area contributed by atoms with Gasteiger partial charge in [0.1, 0.15) is 5.75 Å². The van der Waals surface area contributed by atoms with Gasteiger partial charge < -0.3 is 10.1 Å². The number of nitrogens with one attached hydrogen (secondary N) is 1. The molecule has 1 saturated carbocycles. The smallest absolute Gasteiger partial charge is 0.119 e. The van der Waals surface area contributed by atoms with Crippen molar-refractivity contribution in [2.24, 2.45) is 5.92 Å². The zero-order chi connectivity index (χ0) is 14.2. The summed E-state index contributed by atoms with van der Waals surface area (Å²) in [5, 5.41) is 3.73. The third kappa shape index (κ3) is 3.02. The molecular weight excluding hydrogens is 316 g/mol. The largest absolute Gasteiger partial charge is 0.497 e. The number of halogens is 1. The summed E-state index contributed by atoms with van der Waals surface area (Å²) in [6.45, 7) is 6.72. The van der Waals surface area contributed by atoms with Crippen molar-refractivity contribution < 1.29 is 4.74 Å². The molecule has 110 valence electrons. The number of rotatable bonds is 4. The van der Waals surface area contributed by atoms with E-state index in [-0.39, 0.29) is 0 Å². The normalized spacial score (nSPS) is 27.6. The topological polar surface area (TPSA) is 24.5 Å². The van der Waals surface area contributed by atoms with Gasteiger partial charge in [0.05, 0.1) is 7.11 Å². The first-order valence-corrected chi connectivity index (χ1v) is 8.20. The van der Waals surface area contributed by atoms with Gasteiger partial charge in [-0.25, -0.2) is 0 Å². The van der Waals surface area contributed by atoms with Crippen LogP contribution < -0.4 is 10.1 Å². The van der Waals surface area contributed by atoms with E-state index in [1.54, 1.807) is 7.11 Å². The summed E-state index contributed by atoms with van der Waals surface area (Å²) in [5.74, 6) is 1.81. The quantitative estimate of drug-likeness (QED) is 0.913. The van der Waals surface area contributed by atoms with Crippen molar-refractivity contribution in [1.82, 2.24) is 10.2 Å². The van der Waals surface area contributed by atoms with Crippen molar-refractivity contribution >= 4 is 15.9 Å². The second-order valence-electron chi connectivity index (χ2n) is 6.29. The summed E-state index contributed by atoms with van der Waals surface area (Å²) >= 11 is 3.66. The van der Waals surface area contributed by atoms with Crippen molar-refractivity contribution in [1.29, 1.82) is 0 Å². The maximum Gasteiger partial charge on any atom is 0.119 e. The van der Waals surface area contributed by atoms with E-state index in [1.807, 2.05) is 6.07 Å². The lowest BCUT2D eigenvalue weighted by Gasteiger charge is -2.42. The predicted octanol–water partition coefficient (Wildman–Crippen LogP) is 3.03. The molecule has 1 aromatic carbocycles. The Morgan fingerprint density at radius 3 is 2.95 bits per heavy atom. The van der Waals surface area contributed by atoms with Crippen LogP contribution in [0.1, 0.15) is 25.3 Å². The fourth-order valence-electron chi connectivity index (χ4n) is 3.27. The third-order valence-electron chi connectivity index (χ3n) is 4.63. The number of hydrogen-bond donors (Lipinski definition) is 1. The number of hydrogen-bond acceptors (Lipinski definition) is 3. The first-order chi connectivity index (χ1) is 9.60. The Kier molecular flexibility index (Phi) is 4.07. The highest BCUT2D eigenvalue weighted by molar-refractivity contribution is 9.10. The van der Waals surface area contributed by atoms with E-state index in [0.717, 1.165) is 37.8 Å². The van der Waals surface area contributed by atoms with E-state index in [0.29, 0.717) is 5.54 Å². The standard InChI is InChI=1S/C16H23BrN2O/c1-16(13-3-4-13)11-19(8-7-18-16)10-12-9-14(20-2)5-6-15(12)17/h5-6,9,13,18H,3-4,7-8,10-11H2,1-2H3. The van der Waals surface area contributed by atoms with Gasteiger partial charge in [-0.05, 0) is 49.4 Å². The highest BCUT2D eigenvalue weighted by Gasteiger charge is 2.43. The minimum atomic E-state index is 0.309. The van der Waals surface area contributed by atoms with Crippen LogP contribution >= 0.6 is 15.9 Å². The van der Waals surface area contributed by atoms with Crippen molar-refractivity contribution in [3.8, 4) is 5.75 Å². The van der Waals surface area contributed by atoms with Gasteiger partial charge in [0, 0.05) is 36.2 Å². The average molecular weight is 339 g/mol. The number of methoxy groups -OCH3 is 1. The lowest BCUT2D eigenvalue weighted by molar-refractivity contribution is 0.121. The first kappa shape index (κ1) is 14.4. The van der Waals surface area contributed by atoms with E-state index in [1.165, 1.54) is 22.9 Å². The van der Waals surface area contributed by atoms with Gasteiger partial charge >= 0.3 is 0 Å². The molecule has 1 aromatic rings. The Hall–Kier alpha value is -0.580. The molecule has 1 aliphatic heterocycles. The molecule has 1 unspecified atom stereocenters. The van der Waals surface area contributed by atoms with Gasteiger partial charge in [-0.1, -0.05) is 15.9 Å². The summed E-state index contributed by atoms with van der Waals surface area (Å²) in [6, 6.07) is 6.22. The minimum absolute atomic E-state index is 0.309. The molecule has 3 nitrogen and oxygen atoms in total. The molecule has 0 aromatic heterocycles. The lowest BCUT2D eigenvalue weighted by Crippen LogP contribution is -2.59. The van der Waals surface area contributed by atoms with Gasteiger partial charge in [0.25, 0.3) is 0 Å². The third-order valence-corrected chi connectivity index (χ3v) is 5.41. The molecular formula is C16H23BrN2O. The van der Waals surface area contributed by atoms with E-state index in [2.05, 4.69) is 45.2 Å². The fourth-order valence-corrected chi connectivity index (χ4v) is 3.64. The van der Waals surface area contributed by atoms with Gasteiger partial charge in [0.15, 0.2) is 0 Å². The molecule has 1 saturated heterocycles. The maximum absolute atomic E-state index is 5.34. The van der Waals surface area contributed by atoms with Gasteiger partial charge in [-0.15, -0.1) is 0 Å². The molecule has 1 aliphatic carbocycles. The molecule has 3 rings (SSSR count). The number of ether oxygens (including phenoxy) is 1. The Morgan fingerprint density at radius 2 is 2.25 bits per heavy atom. The summed E-state index contributed by atoms with van der Waals surface area (Å²) in [4.78, 5) is 2.56. The van der Waals surface area contributed by atoms with Gasteiger partial charge in [0.2, 0.25) is 0 Å². The van der Waals surface area contributed by atoms with E-state index < -0.39 is 0 Å². The Balaban J connectivity index is 1.70. The van der Waals surface area contributed by atoms with Crippen LogP contribution in [0.15, 0.2) is 22.7 Å². The van der Waals surface area contributed by atoms with E-state index >= 15 is 0 Å². The van der Waals surface area contributed by atoms with Crippen molar-refractivity contribution in [3.05, 3.63) is 28.2 Å². The predicted molar refractivity (Wildman–Crippen MR) is 85.1 cm³/mol. The first-order valence-electron chi connectivity index (χ1n) is 7.40. The zero-order valence-corrected chi connectivity index (χ0v) is 13.9. The molecule has 0 bridgehead atoms. The molecule has 1 N–H and O–H groups in total. The van der Waals surface area contributed by atoms with Crippen LogP contribution in [0.25, 0.3) is 0 Å². The monoisotopic (exact) mass is 338 g/mol. The highest BCUT2D eigenvalue weighted by Crippen LogP contribution is 2.41. The highest BCUT2D eigenvalue weighted by atomic mass is 79.9. The minimum Gasteiger partial charge on any atom is -0.497 e. The Morgan fingerprint density at radius 1 is 1.45 bits per heavy atom. The summed E-state index contributed by atoms with van der Waals surface area (Å²) in [7, 11) is 1.72. The van der Waals surface area contributed by atoms with Crippen LogP contribution in [0.5, 0.6) is 5.75 Å². The molecule has 20 heavy (non-hydrogen) atoms. The van der Waals surface area contributed by atoms with Crippen LogP contribution in [0.3, 0.4) is 0 Å². The van der Waals surface area contributed by atoms with Crippen LogP contribution in [-0.2, 0) is 6.54 Å². The molecule has 2 aliphatic rings. The summed E-state index contributed by atoms with van der Waals surface area (Å²) in [5.41, 5.74) is 1.62. The van der Waals surface area contributed by atoms with Crippen molar-refractivity contribution in [3.63, 3.8) is 0 Å². The SMILES string of the molecule is COc1ccc(Br)c(CN2CCNC(C)(C3CC3)C2)c1. The van der Waals surface area contributed by atoms with E-state index in [4.69, 9.17) is 4.74 Å². The van der Waals surface area contributed by atoms with Crippen molar-refractivity contribution in [2.75, 3.05) is 26.7 Å². The number of benzene rings is 1. The average Bonchev–Trinajstić information content (AvgIpc) is 3.26. The maximum atomic E-state index is 5.34. The molecule has 0 amide bonds. The van der Waals surface area contributed by atoms with Crippen LogP contribution in [0.4, 0.5) is 0 Å². The molecule has 2 fully saturated rings. The van der Waals surface area contributed by atoms with Crippen molar-refractivity contribution in [2.45, 2.75) is 31.8 Å². The molecule has 0 radical (unpaired) electrons. The second-order valence-corrected chi connectivity index (χ2v) is 7.14. The summed E-state index contributed by atoms with van der Waals surface area (Å²) in [6.07, 6.45) is 2.78. The molecule has 1 heterocycles. The number of nitrogens with zero attached hydrogens (tertiary/aromatic N) is 1. The lowest BCUT2D eigenvalue weighted by atomic mass is 9.92. The van der Waals surface area contributed by atoms with Gasteiger partial charge in [-0.2, -0.15) is 0 Å². The number of piperazine rings is 1. The Labute approximate surface area is 129 Å². The van der Waals surface area contributed by atoms with E-state index in [9.17, 15) is 0 Å². The zero-order valence-electron chi connectivity index (χ0n) is 12.3. The van der Waals surface area contributed by atoms with Crippen LogP contribution in [0, 0.1) is 5.92 Å². The second kappa shape index (κ2) is 5.66. The van der Waals surface area contributed by atoms with Crippen LogP contribution in [-0.4, -0.2) is 37.2 Å². The molecule has 4 heteroatoms. The van der Waals surface area contributed by atoms with Crippen LogP contribution in [0.2, 0.25) is 0 Å².